The molecule has 3 aromatic rings. The normalized spacial score (nSPS) is 16.9. The molecule has 3 heterocycles. The van der Waals surface area contributed by atoms with Gasteiger partial charge in [-0.3, -0.25) is 9.69 Å². The topological polar surface area (TPSA) is 73.6 Å². The van der Waals surface area contributed by atoms with Crippen molar-refractivity contribution in [1.82, 2.24) is 19.8 Å². The molecule has 30 heavy (non-hydrogen) atoms. The molecule has 0 spiro atoms. The summed E-state index contributed by atoms with van der Waals surface area (Å²) < 4.78 is 15.0. The molecule has 1 fully saturated rings. The van der Waals surface area contributed by atoms with E-state index in [1.54, 1.807) is 24.7 Å². The first-order valence-corrected chi connectivity index (χ1v) is 10.5. The third-order valence-electron chi connectivity index (χ3n) is 5.27. The molecular weight excluding hydrogens is 405 g/mol. The van der Waals surface area contributed by atoms with Gasteiger partial charge in [0, 0.05) is 32.9 Å². The first-order valence-electron chi connectivity index (χ1n) is 9.69. The number of hydrogen-bond acceptors (Lipinski definition) is 6. The molecular formula is C21H24FN5O2S. The Labute approximate surface area is 178 Å². The third kappa shape index (κ3) is 4.23. The van der Waals surface area contributed by atoms with Crippen LogP contribution in [-0.4, -0.2) is 44.9 Å². The molecule has 2 aromatic heterocycles. The summed E-state index contributed by atoms with van der Waals surface area (Å²) in [4.78, 5) is 21.2. The second kappa shape index (κ2) is 8.55. The van der Waals surface area contributed by atoms with E-state index < -0.39 is 6.35 Å². The van der Waals surface area contributed by atoms with Crippen LogP contribution in [0.2, 0.25) is 0 Å². The highest BCUT2D eigenvalue weighted by atomic mass is 32.1. The number of aromatic nitrogens is 2. The minimum atomic E-state index is -0.793. The number of halogens is 1. The van der Waals surface area contributed by atoms with Crippen molar-refractivity contribution in [2.75, 3.05) is 18.0 Å². The van der Waals surface area contributed by atoms with Crippen LogP contribution in [-0.2, 0) is 20.1 Å². The Morgan fingerprint density at radius 2 is 2.10 bits per heavy atom. The van der Waals surface area contributed by atoms with Crippen molar-refractivity contribution >= 4 is 22.2 Å². The molecule has 1 unspecified atom stereocenters. The van der Waals surface area contributed by atoms with Gasteiger partial charge in [0.15, 0.2) is 6.35 Å². The summed E-state index contributed by atoms with van der Waals surface area (Å²) in [7, 11) is 1.88. The van der Waals surface area contributed by atoms with Crippen molar-refractivity contribution in [3.63, 3.8) is 0 Å². The molecule has 1 aliphatic rings. The maximum atomic E-state index is 13.1. The summed E-state index contributed by atoms with van der Waals surface area (Å²) in [6, 6.07) is 8.24. The van der Waals surface area contributed by atoms with Gasteiger partial charge in [0.05, 0.1) is 28.4 Å². The number of benzene rings is 1. The Bertz CT molecular complexity index is 1030. The molecule has 1 aliphatic heterocycles. The Morgan fingerprint density at radius 1 is 1.33 bits per heavy atom. The molecule has 0 aliphatic carbocycles. The number of amides is 1. The van der Waals surface area contributed by atoms with Crippen molar-refractivity contribution in [1.29, 1.82) is 0 Å². The Kier molecular flexibility index (Phi) is 5.85. The quantitative estimate of drug-likeness (QED) is 0.630. The van der Waals surface area contributed by atoms with Crippen LogP contribution in [0.3, 0.4) is 0 Å². The SMILES string of the molecule is Cc1cc(N2CCN(Cc3ccc(F)cc3)C2O)sc1C(=O)NCc1cncn1C. The van der Waals surface area contributed by atoms with Gasteiger partial charge in [-0.25, -0.2) is 9.37 Å². The van der Waals surface area contributed by atoms with Crippen LogP contribution >= 0.6 is 11.3 Å². The molecule has 4 rings (SSSR count). The Morgan fingerprint density at radius 3 is 2.80 bits per heavy atom. The summed E-state index contributed by atoms with van der Waals surface area (Å²) in [6.07, 6.45) is 2.63. The number of carbonyl (C=O) groups excluding carboxylic acids is 1. The summed E-state index contributed by atoms with van der Waals surface area (Å²) in [5.41, 5.74) is 2.74. The van der Waals surface area contributed by atoms with Gasteiger partial charge < -0.3 is 19.9 Å². The van der Waals surface area contributed by atoms with Crippen molar-refractivity contribution in [3.05, 3.63) is 70.4 Å². The average Bonchev–Trinajstić information content (AvgIpc) is 3.41. The first-order chi connectivity index (χ1) is 14.4. The van der Waals surface area contributed by atoms with E-state index >= 15 is 0 Å². The summed E-state index contributed by atoms with van der Waals surface area (Å²) in [5, 5.41) is 14.6. The number of aryl methyl sites for hydroxylation is 2. The van der Waals surface area contributed by atoms with Gasteiger partial charge in [0.25, 0.3) is 5.91 Å². The van der Waals surface area contributed by atoms with Crippen LogP contribution in [0.4, 0.5) is 9.39 Å². The fourth-order valence-corrected chi connectivity index (χ4v) is 4.64. The highest BCUT2D eigenvalue weighted by molar-refractivity contribution is 7.18. The van der Waals surface area contributed by atoms with E-state index in [2.05, 4.69) is 10.3 Å². The number of rotatable bonds is 6. The van der Waals surface area contributed by atoms with Gasteiger partial charge in [0.2, 0.25) is 0 Å². The van der Waals surface area contributed by atoms with Crippen LogP contribution < -0.4 is 10.2 Å². The zero-order chi connectivity index (χ0) is 21.3. The molecule has 2 N–H and O–H groups in total. The van der Waals surface area contributed by atoms with Crippen LogP contribution in [0.5, 0.6) is 0 Å². The number of anilines is 1. The number of hydrogen-bond donors (Lipinski definition) is 2. The predicted molar refractivity (Wildman–Crippen MR) is 114 cm³/mol. The number of nitrogens with zero attached hydrogens (tertiary/aromatic N) is 4. The molecule has 7 nitrogen and oxygen atoms in total. The molecule has 0 bridgehead atoms. The molecule has 9 heteroatoms. The monoisotopic (exact) mass is 429 g/mol. The van der Waals surface area contributed by atoms with E-state index in [1.165, 1.54) is 23.5 Å². The molecule has 0 radical (unpaired) electrons. The molecule has 1 aromatic carbocycles. The van der Waals surface area contributed by atoms with Gasteiger partial charge in [-0.2, -0.15) is 0 Å². The first kappa shape index (κ1) is 20.5. The minimum Gasteiger partial charge on any atom is -0.361 e. The number of nitrogens with one attached hydrogen (secondary N) is 1. The average molecular weight is 430 g/mol. The maximum absolute atomic E-state index is 13.1. The number of aliphatic hydroxyl groups excluding tert-OH is 1. The highest BCUT2D eigenvalue weighted by Gasteiger charge is 2.32. The lowest BCUT2D eigenvalue weighted by Crippen LogP contribution is -2.37. The smallest absolute Gasteiger partial charge is 0.262 e. The number of carbonyl (C=O) groups is 1. The van der Waals surface area contributed by atoms with Crippen molar-refractivity contribution in [3.8, 4) is 0 Å². The second-order valence-electron chi connectivity index (χ2n) is 7.41. The van der Waals surface area contributed by atoms with Crippen molar-refractivity contribution in [2.45, 2.75) is 26.4 Å². The molecule has 1 saturated heterocycles. The predicted octanol–water partition coefficient (Wildman–Crippen LogP) is 2.46. The van der Waals surface area contributed by atoms with E-state index in [9.17, 15) is 14.3 Å². The van der Waals surface area contributed by atoms with E-state index in [-0.39, 0.29) is 11.7 Å². The Balaban J connectivity index is 1.41. The van der Waals surface area contributed by atoms with Crippen LogP contribution in [0.15, 0.2) is 42.9 Å². The zero-order valence-electron chi connectivity index (χ0n) is 16.9. The standard InChI is InChI=1S/C21H24FN5O2S/c1-14-9-18(30-19(14)20(28)24-11-17-10-23-13-25(17)2)27-8-7-26(21(27)29)12-15-3-5-16(22)6-4-15/h3-6,9-10,13,21,29H,7-8,11-12H2,1-2H3,(H,24,28). The van der Waals surface area contributed by atoms with Gasteiger partial charge in [0.1, 0.15) is 5.82 Å². The van der Waals surface area contributed by atoms with E-state index in [4.69, 9.17) is 0 Å². The van der Waals surface area contributed by atoms with E-state index in [0.29, 0.717) is 31.1 Å². The highest BCUT2D eigenvalue weighted by Crippen LogP contribution is 2.33. The molecule has 0 saturated carbocycles. The number of aliphatic hydroxyl groups is 1. The van der Waals surface area contributed by atoms with Crippen LogP contribution in [0, 0.1) is 12.7 Å². The molecule has 1 atom stereocenters. The molecule has 158 valence electrons. The second-order valence-corrected chi connectivity index (χ2v) is 8.44. The van der Waals surface area contributed by atoms with Crippen LogP contribution in [0.25, 0.3) is 0 Å². The minimum absolute atomic E-state index is 0.137. The van der Waals surface area contributed by atoms with Crippen molar-refractivity contribution < 1.29 is 14.3 Å². The van der Waals surface area contributed by atoms with E-state index in [1.807, 2.05) is 34.4 Å². The lowest BCUT2D eigenvalue weighted by Gasteiger charge is -2.25. The fraction of sp³-hybridized carbons (Fsp3) is 0.333. The van der Waals surface area contributed by atoms with Crippen molar-refractivity contribution in [2.24, 2.45) is 7.05 Å². The lowest BCUT2D eigenvalue weighted by atomic mass is 10.2. The van der Waals surface area contributed by atoms with Gasteiger partial charge in [-0.1, -0.05) is 12.1 Å². The summed E-state index contributed by atoms with van der Waals surface area (Å²) in [5.74, 6) is -0.410. The number of thiophene rings is 1. The largest absolute Gasteiger partial charge is 0.361 e. The molecule has 1 amide bonds. The lowest BCUT2D eigenvalue weighted by molar-refractivity contribution is 0.0346. The summed E-state index contributed by atoms with van der Waals surface area (Å²) >= 11 is 1.38. The third-order valence-corrected chi connectivity index (χ3v) is 6.55. The fourth-order valence-electron chi connectivity index (χ4n) is 3.51. The van der Waals surface area contributed by atoms with Gasteiger partial charge >= 0.3 is 0 Å². The number of imidazole rings is 1. The van der Waals surface area contributed by atoms with E-state index in [0.717, 1.165) is 21.8 Å². The zero-order valence-corrected chi connectivity index (χ0v) is 17.7. The van der Waals surface area contributed by atoms with Gasteiger partial charge in [-0.05, 0) is 36.2 Å². The Hall–Kier alpha value is -2.75. The summed E-state index contributed by atoms with van der Waals surface area (Å²) in [6.45, 7) is 4.16. The maximum Gasteiger partial charge on any atom is 0.262 e. The van der Waals surface area contributed by atoms with Crippen LogP contribution in [0.1, 0.15) is 26.5 Å². The van der Waals surface area contributed by atoms with Gasteiger partial charge in [-0.15, -0.1) is 11.3 Å².